The maximum absolute atomic E-state index is 10.5. The van der Waals surface area contributed by atoms with Crippen LogP contribution in [-0.4, -0.2) is 26.7 Å². The molecule has 1 fully saturated rings. The highest BCUT2D eigenvalue weighted by Gasteiger charge is 2.28. The smallest absolute Gasteiger partial charge is 0.228 e. The highest BCUT2D eigenvalue weighted by Crippen LogP contribution is 2.48. The molecule has 1 heterocycles. The van der Waals surface area contributed by atoms with E-state index in [1.807, 2.05) is 0 Å². The van der Waals surface area contributed by atoms with E-state index in [1.54, 1.807) is 24.3 Å². The predicted molar refractivity (Wildman–Crippen MR) is 77.8 cm³/mol. The second-order valence-corrected chi connectivity index (χ2v) is 5.22. The highest BCUT2D eigenvalue weighted by molar-refractivity contribution is 6.14. The van der Waals surface area contributed by atoms with Gasteiger partial charge in [-0.15, -0.1) is 0 Å². The number of fused-ring (bicyclic) bond motifs is 2. The third kappa shape index (κ3) is 1.75. The standard InChI is InChI=1S/C16H12O6/c17-10-3-1-2-8-12(10)16(20)13-9(15(8)19)5-4-7(14(13)18)6-11-21-22-11/h1-5,11,17-20H,6H2. The van der Waals surface area contributed by atoms with Crippen LogP contribution in [0.1, 0.15) is 5.56 Å². The Kier molecular flexibility index (Phi) is 2.60. The zero-order valence-corrected chi connectivity index (χ0v) is 11.3. The number of phenolic OH excluding ortho intramolecular Hbond substituents is 4. The van der Waals surface area contributed by atoms with Gasteiger partial charge in [-0.1, -0.05) is 18.2 Å². The zero-order valence-electron chi connectivity index (χ0n) is 11.3. The fourth-order valence-corrected chi connectivity index (χ4v) is 2.78. The van der Waals surface area contributed by atoms with Gasteiger partial charge in [-0.05, 0) is 17.7 Å². The number of phenols is 4. The first-order valence-electron chi connectivity index (χ1n) is 6.70. The highest BCUT2D eigenvalue weighted by atomic mass is 17.4. The Morgan fingerprint density at radius 3 is 2.23 bits per heavy atom. The molecule has 6 nitrogen and oxygen atoms in total. The van der Waals surface area contributed by atoms with Crippen molar-refractivity contribution in [3.63, 3.8) is 0 Å². The summed E-state index contributed by atoms with van der Waals surface area (Å²) in [5.41, 5.74) is 0.513. The summed E-state index contributed by atoms with van der Waals surface area (Å²) < 4.78 is 0. The maximum Gasteiger partial charge on any atom is 0.228 e. The summed E-state index contributed by atoms with van der Waals surface area (Å²) in [5.74, 6) is -0.738. The number of aromatic hydroxyl groups is 4. The molecular weight excluding hydrogens is 288 g/mol. The van der Waals surface area contributed by atoms with Crippen molar-refractivity contribution in [2.45, 2.75) is 12.7 Å². The van der Waals surface area contributed by atoms with E-state index in [1.165, 1.54) is 6.07 Å². The molecule has 3 aromatic rings. The average Bonchev–Trinajstić information content (AvgIpc) is 3.30. The van der Waals surface area contributed by atoms with Crippen LogP contribution >= 0.6 is 0 Å². The summed E-state index contributed by atoms with van der Waals surface area (Å²) in [7, 11) is 0. The van der Waals surface area contributed by atoms with Gasteiger partial charge in [0.15, 0.2) is 0 Å². The van der Waals surface area contributed by atoms with Crippen molar-refractivity contribution in [1.82, 2.24) is 0 Å². The molecule has 0 atom stereocenters. The van der Waals surface area contributed by atoms with Gasteiger partial charge in [0.25, 0.3) is 0 Å². The van der Waals surface area contributed by atoms with Crippen LogP contribution < -0.4 is 0 Å². The maximum atomic E-state index is 10.5. The van der Waals surface area contributed by atoms with Gasteiger partial charge in [0.1, 0.15) is 23.0 Å². The van der Waals surface area contributed by atoms with Crippen LogP contribution in [0.2, 0.25) is 0 Å². The summed E-state index contributed by atoms with van der Waals surface area (Å²) >= 11 is 0. The summed E-state index contributed by atoms with van der Waals surface area (Å²) in [4.78, 5) is 9.32. The van der Waals surface area contributed by atoms with Crippen molar-refractivity contribution >= 4 is 21.5 Å². The van der Waals surface area contributed by atoms with Crippen LogP contribution in [0.25, 0.3) is 21.5 Å². The summed E-state index contributed by atoms with van der Waals surface area (Å²) in [6.07, 6.45) is -0.0891. The monoisotopic (exact) mass is 300 g/mol. The molecule has 1 aliphatic rings. The van der Waals surface area contributed by atoms with Crippen LogP contribution in [0, 0.1) is 0 Å². The fourth-order valence-electron chi connectivity index (χ4n) is 2.78. The van der Waals surface area contributed by atoms with Gasteiger partial charge >= 0.3 is 0 Å². The van der Waals surface area contributed by atoms with Gasteiger partial charge in [-0.3, -0.25) is 0 Å². The van der Waals surface area contributed by atoms with Crippen molar-refractivity contribution in [3.8, 4) is 23.0 Å². The van der Waals surface area contributed by atoms with Crippen LogP contribution in [0.5, 0.6) is 23.0 Å². The zero-order chi connectivity index (χ0) is 15.4. The minimum absolute atomic E-state index is 0.0876. The van der Waals surface area contributed by atoms with Crippen molar-refractivity contribution in [1.29, 1.82) is 0 Å². The molecule has 0 aliphatic carbocycles. The molecule has 0 aromatic heterocycles. The quantitative estimate of drug-likeness (QED) is 0.251. The van der Waals surface area contributed by atoms with E-state index < -0.39 is 6.29 Å². The van der Waals surface area contributed by atoms with E-state index in [-0.39, 0.29) is 33.8 Å². The van der Waals surface area contributed by atoms with Crippen molar-refractivity contribution < 1.29 is 30.2 Å². The predicted octanol–water partition coefficient (Wildman–Crippen LogP) is 2.65. The largest absolute Gasteiger partial charge is 0.507 e. The fraction of sp³-hybridized carbons (Fsp3) is 0.125. The molecule has 0 bridgehead atoms. The van der Waals surface area contributed by atoms with Gasteiger partial charge in [0, 0.05) is 17.2 Å². The number of hydrogen-bond acceptors (Lipinski definition) is 6. The minimum atomic E-state index is -0.409. The molecule has 112 valence electrons. The van der Waals surface area contributed by atoms with E-state index in [2.05, 4.69) is 9.78 Å². The second-order valence-electron chi connectivity index (χ2n) is 5.22. The lowest BCUT2D eigenvalue weighted by molar-refractivity contribution is 0.0850. The molecular formula is C16H12O6. The molecule has 4 N–H and O–H groups in total. The summed E-state index contributed by atoms with van der Waals surface area (Å²) in [5, 5.41) is 42.0. The molecule has 0 saturated carbocycles. The van der Waals surface area contributed by atoms with Gasteiger partial charge in [0.2, 0.25) is 6.29 Å². The Labute approximate surface area is 124 Å². The summed E-state index contributed by atoms with van der Waals surface area (Å²) in [6, 6.07) is 7.79. The van der Waals surface area contributed by atoms with E-state index in [0.29, 0.717) is 22.8 Å². The van der Waals surface area contributed by atoms with E-state index in [0.717, 1.165) is 0 Å². The Morgan fingerprint density at radius 1 is 0.773 bits per heavy atom. The molecule has 0 unspecified atom stereocenters. The van der Waals surface area contributed by atoms with E-state index in [4.69, 9.17) is 0 Å². The number of rotatable bonds is 2. The molecule has 3 aromatic carbocycles. The minimum Gasteiger partial charge on any atom is -0.507 e. The lowest BCUT2D eigenvalue weighted by Crippen LogP contribution is -1.94. The molecule has 0 radical (unpaired) electrons. The lowest BCUT2D eigenvalue weighted by atomic mass is 9.96. The van der Waals surface area contributed by atoms with Gasteiger partial charge in [-0.2, -0.15) is 9.78 Å². The number of hydrogen-bond donors (Lipinski definition) is 4. The first-order valence-corrected chi connectivity index (χ1v) is 6.70. The Balaban J connectivity index is 2.11. The summed E-state index contributed by atoms with van der Waals surface area (Å²) in [6.45, 7) is 0. The van der Waals surface area contributed by atoms with E-state index >= 15 is 0 Å². The molecule has 1 aliphatic heterocycles. The van der Waals surface area contributed by atoms with Gasteiger partial charge in [0.05, 0.1) is 10.8 Å². The third-order valence-corrected chi connectivity index (χ3v) is 3.91. The Hall–Kier alpha value is -2.70. The van der Waals surface area contributed by atoms with Crippen molar-refractivity contribution in [2.75, 3.05) is 0 Å². The normalized spacial score (nSPS) is 14.7. The molecule has 1 saturated heterocycles. The van der Waals surface area contributed by atoms with Crippen LogP contribution in [0.4, 0.5) is 0 Å². The lowest BCUT2D eigenvalue weighted by Gasteiger charge is -2.13. The van der Waals surface area contributed by atoms with Crippen LogP contribution in [0.15, 0.2) is 30.3 Å². The first kappa shape index (κ1) is 13.0. The molecule has 4 rings (SSSR count). The van der Waals surface area contributed by atoms with Gasteiger partial charge in [-0.25, -0.2) is 0 Å². The molecule has 0 amide bonds. The number of benzene rings is 3. The van der Waals surface area contributed by atoms with Crippen molar-refractivity contribution in [3.05, 3.63) is 35.9 Å². The van der Waals surface area contributed by atoms with Gasteiger partial charge < -0.3 is 20.4 Å². The third-order valence-electron chi connectivity index (χ3n) is 3.91. The van der Waals surface area contributed by atoms with E-state index in [9.17, 15) is 20.4 Å². The Morgan fingerprint density at radius 2 is 1.50 bits per heavy atom. The molecule has 22 heavy (non-hydrogen) atoms. The SMILES string of the molecule is Oc1c2cccc(O)c2c(O)c2c(O)c(CC3OO3)ccc12. The van der Waals surface area contributed by atoms with Crippen LogP contribution in [-0.2, 0) is 16.2 Å². The molecule has 6 heteroatoms. The topological polar surface area (TPSA) is 106 Å². The second kappa shape index (κ2) is 4.40. The van der Waals surface area contributed by atoms with Crippen molar-refractivity contribution in [2.24, 2.45) is 0 Å². The molecule has 0 spiro atoms. The Bertz CT molecular complexity index is 914. The van der Waals surface area contributed by atoms with Crippen LogP contribution in [0.3, 0.4) is 0 Å². The first-order chi connectivity index (χ1) is 10.6. The average molecular weight is 300 g/mol.